The fourth-order valence-corrected chi connectivity index (χ4v) is 1.64. The van der Waals surface area contributed by atoms with Crippen LogP contribution in [0.4, 0.5) is 5.69 Å². The van der Waals surface area contributed by atoms with Gasteiger partial charge in [-0.3, -0.25) is 4.98 Å². The van der Waals surface area contributed by atoms with Gasteiger partial charge in [-0.2, -0.15) is 0 Å². The molecule has 1 aromatic carbocycles. The van der Waals surface area contributed by atoms with Crippen molar-refractivity contribution in [3.8, 4) is 0 Å². The molecule has 1 aromatic heterocycles. The van der Waals surface area contributed by atoms with E-state index in [0.29, 0.717) is 0 Å². The van der Waals surface area contributed by atoms with E-state index in [2.05, 4.69) is 48.4 Å². The third-order valence-corrected chi connectivity index (χ3v) is 2.81. The largest absolute Gasteiger partial charge is 0.381 e. The summed E-state index contributed by atoms with van der Waals surface area (Å²) >= 11 is 0. The van der Waals surface area contributed by atoms with Crippen molar-refractivity contribution in [2.24, 2.45) is 0 Å². The predicted molar refractivity (Wildman–Crippen MR) is 67.5 cm³/mol. The summed E-state index contributed by atoms with van der Waals surface area (Å²) in [7, 11) is 0. The van der Waals surface area contributed by atoms with E-state index in [4.69, 9.17) is 0 Å². The zero-order valence-corrected chi connectivity index (χ0v) is 9.70. The van der Waals surface area contributed by atoms with Crippen LogP contribution in [0.2, 0.25) is 0 Å². The van der Waals surface area contributed by atoms with Crippen molar-refractivity contribution < 1.29 is 0 Å². The van der Waals surface area contributed by atoms with Gasteiger partial charge in [0.2, 0.25) is 0 Å². The number of rotatable bonds is 3. The van der Waals surface area contributed by atoms with Crippen LogP contribution in [-0.4, -0.2) is 4.98 Å². The van der Waals surface area contributed by atoms with Crippen molar-refractivity contribution >= 4 is 5.69 Å². The molecule has 2 heteroatoms. The number of nitrogens with zero attached hydrogens (tertiary/aromatic N) is 1. The number of aromatic nitrogens is 1. The van der Waals surface area contributed by atoms with Gasteiger partial charge >= 0.3 is 0 Å². The van der Waals surface area contributed by atoms with Crippen LogP contribution < -0.4 is 5.32 Å². The zero-order chi connectivity index (χ0) is 11.4. The Balaban J connectivity index is 2.08. The number of anilines is 1. The normalized spacial score (nSPS) is 10.1. The second-order valence-electron chi connectivity index (χ2n) is 3.96. The molecule has 0 saturated heterocycles. The molecule has 0 atom stereocenters. The summed E-state index contributed by atoms with van der Waals surface area (Å²) in [4.78, 5) is 4.10. The molecule has 0 aliphatic carbocycles. The number of pyridine rings is 1. The second-order valence-corrected chi connectivity index (χ2v) is 3.96. The third-order valence-electron chi connectivity index (χ3n) is 2.81. The van der Waals surface area contributed by atoms with Gasteiger partial charge in [-0.15, -0.1) is 0 Å². The number of nitrogens with one attached hydrogen (secondary N) is 1. The Morgan fingerprint density at radius 3 is 2.75 bits per heavy atom. The first kappa shape index (κ1) is 10.7. The lowest BCUT2D eigenvalue weighted by Gasteiger charge is -2.11. The van der Waals surface area contributed by atoms with Gasteiger partial charge in [-0.05, 0) is 42.7 Å². The third kappa shape index (κ3) is 2.40. The molecule has 0 spiro atoms. The Morgan fingerprint density at radius 1 is 1.12 bits per heavy atom. The van der Waals surface area contributed by atoms with Crippen molar-refractivity contribution in [1.82, 2.24) is 4.98 Å². The van der Waals surface area contributed by atoms with E-state index in [9.17, 15) is 0 Å². The van der Waals surface area contributed by atoms with Crippen LogP contribution >= 0.6 is 0 Å². The highest BCUT2D eigenvalue weighted by Gasteiger charge is 1.99. The number of hydrogen-bond donors (Lipinski definition) is 1. The van der Waals surface area contributed by atoms with Crippen LogP contribution in [0, 0.1) is 13.8 Å². The van der Waals surface area contributed by atoms with Gasteiger partial charge in [0.25, 0.3) is 0 Å². The first-order valence-electron chi connectivity index (χ1n) is 5.46. The average Bonchev–Trinajstić information content (AvgIpc) is 2.32. The summed E-state index contributed by atoms with van der Waals surface area (Å²) in [5.41, 5.74) is 5.02. The molecule has 1 N–H and O–H groups in total. The van der Waals surface area contributed by atoms with Gasteiger partial charge in [0.1, 0.15) is 0 Å². The average molecular weight is 212 g/mol. The molecular formula is C14H16N2. The van der Waals surface area contributed by atoms with E-state index in [0.717, 1.165) is 6.54 Å². The summed E-state index contributed by atoms with van der Waals surface area (Å²) in [6.07, 6.45) is 3.68. The molecule has 1 heterocycles. The lowest BCUT2D eigenvalue weighted by Crippen LogP contribution is -2.01. The van der Waals surface area contributed by atoms with Gasteiger partial charge in [0.15, 0.2) is 0 Å². The number of benzene rings is 1. The summed E-state index contributed by atoms with van der Waals surface area (Å²) < 4.78 is 0. The molecule has 0 saturated carbocycles. The molecule has 0 aliphatic heterocycles. The molecule has 2 nitrogen and oxygen atoms in total. The van der Waals surface area contributed by atoms with Crippen molar-refractivity contribution in [3.05, 3.63) is 59.4 Å². The monoisotopic (exact) mass is 212 g/mol. The van der Waals surface area contributed by atoms with Crippen LogP contribution in [0.1, 0.15) is 16.7 Å². The smallest absolute Gasteiger partial charge is 0.0416 e. The Morgan fingerprint density at radius 2 is 2.00 bits per heavy atom. The molecule has 2 rings (SSSR count). The highest BCUT2D eigenvalue weighted by Crippen LogP contribution is 2.18. The molecular weight excluding hydrogens is 196 g/mol. The minimum absolute atomic E-state index is 0.818. The van der Waals surface area contributed by atoms with E-state index in [1.54, 1.807) is 6.20 Å². The summed E-state index contributed by atoms with van der Waals surface area (Å²) in [5, 5.41) is 3.43. The van der Waals surface area contributed by atoms with E-state index < -0.39 is 0 Å². The van der Waals surface area contributed by atoms with Crippen LogP contribution in [0.25, 0.3) is 0 Å². The molecule has 0 radical (unpaired) electrons. The zero-order valence-electron chi connectivity index (χ0n) is 9.70. The molecule has 0 amide bonds. The maximum absolute atomic E-state index is 4.10. The van der Waals surface area contributed by atoms with E-state index in [1.165, 1.54) is 22.4 Å². The summed E-state index contributed by atoms with van der Waals surface area (Å²) in [5.74, 6) is 0. The molecule has 0 aliphatic rings. The lowest BCUT2D eigenvalue weighted by molar-refractivity contribution is 1.10. The lowest BCUT2D eigenvalue weighted by atomic mass is 10.1. The number of aryl methyl sites for hydroxylation is 1. The summed E-state index contributed by atoms with van der Waals surface area (Å²) in [6.45, 7) is 5.09. The Kier molecular flexibility index (Phi) is 3.20. The predicted octanol–water partition coefficient (Wildman–Crippen LogP) is 3.31. The van der Waals surface area contributed by atoms with E-state index >= 15 is 0 Å². The highest BCUT2D eigenvalue weighted by atomic mass is 14.9. The maximum atomic E-state index is 4.10. The van der Waals surface area contributed by atoms with Crippen molar-refractivity contribution in [1.29, 1.82) is 0 Å². The van der Waals surface area contributed by atoms with E-state index in [1.807, 2.05) is 12.3 Å². The van der Waals surface area contributed by atoms with Crippen molar-refractivity contribution in [2.45, 2.75) is 20.4 Å². The maximum Gasteiger partial charge on any atom is 0.0416 e. The quantitative estimate of drug-likeness (QED) is 0.844. The van der Waals surface area contributed by atoms with Gasteiger partial charge in [-0.25, -0.2) is 0 Å². The first-order valence-corrected chi connectivity index (χ1v) is 5.46. The van der Waals surface area contributed by atoms with Crippen LogP contribution in [0.5, 0.6) is 0 Å². The van der Waals surface area contributed by atoms with Crippen molar-refractivity contribution in [3.63, 3.8) is 0 Å². The van der Waals surface area contributed by atoms with Gasteiger partial charge in [-0.1, -0.05) is 18.2 Å². The molecule has 82 valence electrons. The Bertz CT molecular complexity index is 463. The van der Waals surface area contributed by atoms with Gasteiger partial charge < -0.3 is 5.32 Å². The Hall–Kier alpha value is -1.83. The SMILES string of the molecule is Cc1cccc(NCc2cccnc2)c1C. The molecule has 16 heavy (non-hydrogen) atoms. The number of hydrogen-bond acceptors (Lipinski definition) is 2. The molecule has 0 bridgehead atoms. The van der Waals surface area contributed by atoms with Crippen LogP contribution in [0.3, 0.4) is 0 Å². The second kappa shape index (κ2) is 4.79. The first-order chi connectivity index (χ1) is 7.77. The van der Waals surface area contributed by atoms with Gasteiger partial charge in [0, 0.05) is 24.6 Å². The fourth-order valence-electron chi connectivity index (χ4n) is 1.64. The van der Waals surface area contributed by atoms with Crippen LogP contribution in [-0.2, 0) is 6.54 Å². The summed E-state index contributed by atoms with van der Waals surface area (Å²) in [6, 6.07) is 10.3. The minimum atomic E-state index is 0.818. The minimum Gasteiger partial charge on any atom is -0.381 e. The van der Waals surface area contributed by atoms with E-state index in [-0.39, 0.29) is 0 Å². The molecule has 0 fully saturated rings. The standard InChI is InChI=1S/C14H16N2/c1-11-5-3-7-14(12(11)2)16-10-13-6-4-8-15-9-13/h3-9,16H,10H2,1-2H3. The van der Waals surface area contributed by atoms with Gasteiger partial charge in [0.05, 0.1) is 0 Å². The van der Waals surface area contributed by atoms with Crippen molar-refractivity contribution in [2.75, 3.05) is 5.32 Å². The Labute approximate surface area is 96.4 Å². The fraction of sp³-hybridized carbons (Fsp3) is 0.214. The highest BCUT2D eigenvalue weighted by molar-refractivity contribution is 5.53. The molecule has 2 aromatic rings. The van der Waals surface area contributed by atoms with Crippen LogP contribution in [0.15, 0.2) is 42.7 Å². The molecule has 0 unspecified atom stereocenters. The topological polar surface area (TPSA) is 24.9 Å².